The number of carbonyl (C=O) groups excluding carboxylic acids is 2. The third-order valence-electron chi connectivity index (χ3n) is 4.57. The van der Waals surface area contributed by atoms with Crippen LogP contribution in [0.3, 0.4) is 0 Å². The second-order valence-corrected chi connectivity index (χ2v) is 9.84. The van der Waals surface area contributed by atoms with Gasteiger partial charge in [-0.15, -0.1) is 22.7 Å². The van der Waals surface area contributed by atoms with Crippen molar-refractivity contribution in [3.05, 3.63) is 65.7 Å². The minimum Gasteiger partial charge on any atom is -0.326 e. The largest absolute Gasteiger partial charge is 0.326 e. The molecule has 0 fully saturated rings. The summed E-state index contributed by atoms with van der Waals surface area (Å²) < 4.78 is 1.77. The summed E-state index contributed by atoms with van der Waals surface area (Å²) in [6.45, 7) is 2.01. The van der Waals surface area contributed by atoms with Gasteiger partial charge in [-0.25, -0.2) is 9.97 Å². The van der Waals surface area contributed by atoms with Crippen LogP contribution in [0.25, 0.3) is 10.2 Å². The van der Waals surface area contributed by atoms with E-state index in [9.17, 15) is 9.59 Å². The van der Waals surface area contributed by atoms with E-state index in [1.807, 2.05) is 60.8 Å². The first-order valence-electron chi connectivity index (χ1n) is 9.71. The second kappa shape index (κ2) is 10.0. The minimum absolute atomic E-state index is 0.0222. The fourth-order valence-electron chi connectivity index (χ4n) is 3.10. The molecule has 0 aliphatic carbocycles. The average molecular weight is 469 g/mol. The predicted octanol–water partition coefficient (Wildman–Crippen LogP) is 5.62. The van der Waals surface area contributed by atoms with Crippen molar-refractivity contribution in [1.82, 2.24) is 9.97 Å². The molecule has 158 valence electrons. The highest BCUT2D eigenvalue weighted by atomic mass is 32.2. The minimum atomic E-state index is -0.194. The fraction of sp³-hybridized carbons (Fsp3) is 0.182. The predicted molar refractivity (Wildman–Crippen MR) is 129 cm³/mol. The third kappa shape index (κ3) is 5.49. The summed E-state index contributed by atoms with van der Waals surface area (Å²) in [5.41, 5.74) is 2.60. The number of fused-ring (bicyclic) bond motifs is 1. The molecule has 0 saturated heterocycles. The zero-order valence-electron chi connectivity index (χ0n) is 16.7. The molecule has 2 N–H and O–H groups in total. The van der Waals surface area contributed by atoms with E-state index < -0.39 is 0 Å². The molecule has 6 nitrogen and oxygen atoms in total. The van der Waals surface area contributed by atoms with Crippen LogP contribution in [-0.4, -0.2) is 27.5 Å². The number of amides is 2. The van der Waals surface area contributed by atoms with Crippen molar-refractivity contribution in [3.8, 4) is 0 Å². The molecule has 0 radical (unpaired) electrons. The van der Waals surface area contributed by atoms with Gasteiger partial charge in [-0.05, 0) is 30.2 Å². The summed E-state index contributed by atoms with van der Waals surface area (Å²) in [5, 5.41) is 8.20. The van der Waals surface area contributed by atoms with E-state index in [1.54, 1.807) is 6.20 Å². The highest BCUT2D eigenvalue weighted by molar-refractivity contribution is 8.01. The Bertz CT molecular complexity index is 1180. The normalized spacial score (nSPS) is 11.9. The molecule has 4 rings (SSSR count). The van der Waals surface area contributed by atoms with Gasteiger partial charge in [0.05, 0.1) is 21.9 Å². The molecule has 0 aliphatic heterocycles. The number of nitrogens with zero attached hydrogens (tertiary/aromatic N) is 2. The molecule has 2 amide bonds. The highest BCUT2D eigenvalue weighted by Gasteiger charge is 2.19. The monoisotopic (exact) mass is 468 g/mol. The molecule has 0 saturated carbocycles. The summed E-state index contributed by atoms with van der Waals surface area (Å²) in [5.74, 6) is -0.0661. The van der Waals surface area contributed by atoms with E-state index in [2.05, 4.69) is 20.6 Å². The highest BCUT2D eigenvalue weighted by Crippen LogP contribution is 2.32. The molecular weight excluding hydrogens is 448 g/mol. The zero-order chi connectivity index (χ0) is 21.6. The quantitative estimate of drug-likeness (QED) is 0.328. The van der Waals surface area contributed by atoms with E-state index in [1.165, 1.54) is 34.4 Å². The molecule has 4 aromatic rings. The average Bonchev–Trinajstić information content (AvgIpc) is 3.42. The van der Waals surface area contributed by atoms with Crippen LogP contribution in [0, 0.1) is 0 Å². The van der Waals surface area contributed by atoms with E-state index in [0.29, 0.717) is 5.13 Å². The molecule has 2 heterocycles. The Labute approximate surface area is 192 Å². The molecule has 2 aromatic heterocycles. The van der Waals surface area contributed by atoms with Crippen molar-refractivity contribution >= 4 is 67.3 Å². The smallest absolute Gasteiger partial charge is 0.236 e. The van der Waals surface area contributed by atoms with Crippen molar-refractivity contribution in [2.75, 3.05) is 16.4 Å². The summed E-state index contributed by atoms with van der Waals surface area (Å²) in [7, 11) is 0. The molecule has 31 heavy (non-hydrogen) atoms. The lowest BCUT2D eigenvalue weighted by molar-refractivity contribution is -0.117. The first kappa shape index (κ1) is 21.5. The number of anilines is 2. The Morgan fingerprint density at radius 1 is 1.13 bits per heavy atom. The Kier molecular flexibility index (Phi) is 6.96. The Morgan fingerprint density at radius 3 is 2.71 bits per heavy atom. The summed E-state index contributed by atoms with van der Waals surface area (Å²) in [6.07, 6.45) is 2.38. The number of thioether (sulfide) groups is 1. The second-order valence-electron chi connectivity index (χ2n) is 6.70. The van der Waals surface area contributed by atoms with Gasteiger partial charge in [0.1, 0.15) is 0 Å². The van der Waals surface area contributed by atoms with Crippen LogP contribution in [0.4, 0.5) is 10.8 Å². The lowest BCUT2D eigenvalue weighted by Gasteiger charge is -2.15. The fourth-order valence-corrected chi connectivity index (χ4v) is 5.55. The molecular formula is C22H20N4O2S3. The first-order chi connectivity index (χ1) is 15.1. The molecule has 9 heteroatoms. The maximum atomic E-state index is 12.8. The summed E-state index contributed by atoms with van der Waals surface area (Å²) in [4.78, 5) is 33.5. The number of carbonyl (C=O) groups is 2. The van der Waals surface area contributed by atoms with Crippen LogP contribution in [0.1, 0.15) is 24.8 Å². The van der Waals surface area contributed by atoms with Gasteiger partial charge in [-0.3, -0.25) is 9.59 Å². The van der Waals surface area contributed by atoms with Gasteiger partial charge in [0.15, 0.2) is 9.47 Å². The SMILES string of the molecule is CC[C@H](C(=O)Nc1ccc2nc(SCC(=O)Nc3nccs3)sc2c1)c1ccccc1. The van der Waals surface area contributed by atoms with Gasteiger partial charge in [0, 0.05) is 17.3 Å². The standard InChI is InChI=1S/C22H20N4O2S3/c1-2-16(14-6-4-3-5-7-14)20(28)24-15-8-9-17-18(12-15)31-22(25-17)30-13-19(27)26-21-23-10-11-29-21/h3-12,16H,2,13H2,1H3,(H,24,28)(H,23,26,27)/t16-/m0/s1. The van der Waals surface area contributed by atoms with Crippen molar-refractivity contribution in [1.29, 1.82) is 0 Å². The van der Waals surface area contributed by atoms with E-state index in [0.717, 1.165) is 32.2 Å². The third-order valence-corrected chi connectivity index (χ3v) is 7.42. The van der Waals surface area contributed by atoms with Crippen molar-refractivity contribution in [2.24, 2.45) is 0 Å². The van der Waals surface area contributed by atoms with Crippen LogP contribution in [0.5, 0.6) is 0 Å². The van der Waals surface area contributed by atoms with Crippen LogP contribution >= 0.6 is 34.4 Å². The Hall–Kier alpha value is -2.75. The van der Waals surface area contributed by atoms with Crippen molar-refractivity contribution < 1.29 is 9.59 Å². The van der Waals surface area contributed by atoms with E-state index in [4.69, 9.17) is 0 Å². The molecule has 0 spiro atoms. The number of hydrogen-bond donors (Lipinski definition) is 2. The molecule has 2 aromatic carbocycles. The lowest BCUT2D eigenvalue weighted by Crippen LogP contribution is -2.20. The van der Waals surface area contributed by atoms with Gasteiger partial charge < -0.3 is 10.6 Å². The topological polar surface area (TPSA) is 84.0 Å². The van der Waals surface area contributed by atoms with Crippen LogP contribution in [0.2, 0.25) is 0 Å². The number of rotatable bonds is 8. The number of hydrogen-bond acceptors (Lipinski definition) is 7. The van der Waals surface area contributed by atoms with Gasteiger partial charge >= 0.3 is 0 Å². The first-order valence-corrected chi connectivity index (χ1v) is 12.4. The zero-order valence-corrected chi connectivity index (χ0v) is 19.2. The maximum Gasteiger partial charge on any atom is 0.236 e. The number of nitrogens with one attached hydrogen (secondary N) is 2. The number of aromatic nitrogens is 2. The number of thiazole rings is 2. The summed E-state index contributed by atoms with van der Waals surface area (Å²) >= 11 is 4.28. The van der Waals surface area contributed by atoms with Crippen LogP contribution in [-0.2, 0) is 9.59 Å². The van der Waals surface area contributed by atoms with E-state index in [-0.39, 0.29) is 23.5 Å². The molecule has 1 atom stereocenters. The van der Waals surface area contributed by atoms with Gasteiger partial charge in [-0.1, -0.05) is 49.0 Å². The van der Waals surface area contributed by atoms with Crippen LogP contribution in [0.15, 0.2) is 64.4 Å². The number of benzene rings is 2. The molecule has 0 unspecified atom stereocenters. The molecule has 0 aliphatic rings. The lowest BCUT2D eigenvalue weighted by atomic mass is 9.95. The van der Waals surface area contributed by atoms with Gasteiger partial charge in [0.25, 0.3) is 0 Å². The summed E-state index contributed by atoms with van der Waals surface area (Å²) in [6, 6.07) is 15.5. The Balaban J connectivity index is 1.40. The van der Waals surface area contributed by atoms with E-state index >= 15 is 0 Å². The van der Waals surface area contributed by atoms with Crippen molar-refractivity contribution in [2.45, 2.75) is 23.6 Å². The van der Waals surface area contributed by atoms with Crippen LogP contribution < -0.4 is 10.6 Å². The van der Waals surface area contributed by atoms with Gasteiger partial charge in [0.2, 0.25) is 11.8 Å². The Morgan fingerprint density at radius 2 is 1.97 bits per heavy atom. The van der Waals surface area contributed by atoms with Gasteiger partial charge in [-0.2, -0.15) is 0 Å². The maximum absolute atomic E-state index is 12.8. The molecule has 0 bridgehead atoms. The van der Waals surface area contributed by atoms with Crippen molar-refractivity contribution in [3.63, 3.8) is 0 Å².